The summed E-state index contributed by atoms with van der Waals surface area (Å²) in [5, 5.41) is 0. The summed E-state index contributed by atoms with van der Waals surface area (Å²) in [5.41, 5.74) is 0. The fourth-order valence-corrected chi connectivity index (χ4v) is 7.08. The van der Waals surface area contributed by atoms with Gasteiger partial charge in [-0.1, -0.05) is 141 Å². The molecule has 0 rings (SSSR count). The maximum atomic E-state index is 12.6. The van der Waals surface area contributed by atoms with Gasteiger partial charge in [-0.3, -0.25) is 14.2 Å². The maximum Gasteiger partial charge on any atom is 0.306 e. The van der Waals surface area contributed by atoms with E-state index in [1.54, 1.807) is 0 Å². The van der Waals surface area contributed by atoms with Gasteiger partial charge in [0.25, 0.3) is 7.82 Å². The molecule has 0 aliphatic rings. The summed E-state index contributed by atoms with van der Waals surface area (Å²) in [7, 11) is 1.17. The van der Waals surface area contributed by atoms with Crippen molar-refractivity contribution in [1.29, 1.82) is 0 Å². The SMILES string of the molecule is C[N+](C)(C)CCOP(=O)([O-])OC[C@@H](COC(=O)CCCCCCCCCCCCCCCS)OC(=O)CCCCCCCCCCCCCCCS. The Balaban J connectivity index is 4.33. The summed E-state index contributed by atoms with van der Waals surface area (Å²) in [6.45, 7) is -0.275. The van der Waals surface area contributed by atoms with Crippen LogP contribution in [0.3, 0.4) is 0 Å². The fraction of sp³-hybridized carbons (Fsp3) is 0.950. The van der Waals surface area contributed by atoms with Gasteiger partial charge in [-0.05, 0) is 37.2 Å². The third kappa shape index (κ3) is 39.4. The van der Waals surface area contributed by atoms with E-state index >= 15 is 0 Å². The molecule has 0 aromatic carbocycles. The van der Waals surface area contributed by atoms with Gasteiger partial charge in [0.1, 0.15) is 19.8 Å². The van der Waals surface area contributed by atoms with Crippen molar-refractivity contribution in [3.63, 3.8) is 0 Å². The van der Waals surface area contributed by atoms with Crippen LogP contribution in [0.1, 0.15) is 180 Å². The Bertz CT molecular complexity index is 877. The van der Waals surface area contributed by atoms with E-state index in [1.165, 1.54) is 122 Å². The second kappa shape index (κ2) is 36.4. The van der Waals surface area contributed by atoms with Crippen molar-refractivity contribution in [2.75, 3.05) is 59.0 Å². The third-order valence-electron chi connectivity index (χ3n) is 9.24. The van der Waals surface area contributed by atoms with Crippen LogP contribution in [0.5, 0.6) is 0 Å². The minimum atomic E-state index is -4.62. The molecule has 0 aromatic heterocycles. The lowest BCUT2D eigenvalue weighted by molar-refractivity contribution is -0.870. The Labute approximate surface area is 330 Å². The van der Waals surface area contributed by atoms with Crippen LogP contribution in [0.15, 0.2) is 0 Å². The van der Waals surface area contributed by atoms with Crippen molar-refractivity contribution in [3.05, 3.63) is 0 Å². The number of rotatable bonds is 40. The molecule has 9 nitrogen and oxygen atoms in total. The highest BCUT2D eigenvalue weighted by Gasteiger charge is 2.21. The minimum Gasteiger partial charge on any atom is -0.756 e. The Morgan fingerprint density at radius 1 is 0.538 bits per heavy atom. The number of unbranched alkanes of at least 4 members (excludes halogenated alkanes) is 24. The van der Waals surface area contributed by atoms with Gasteiger partial charge in [-0.2, -0.15) is 25.3 Å². The second-order valence-corrected chi connectivity index (χ2v) is 17.8. The molecule has 0 saturated carbocycles. The molecule has 1 unspecified atom stereocenters. The van der Waals surface area contributed by atoms with E-state index in [9.17, 15) is 19.0 Å². The summed E-state index contributed by atoms with van der Waals surface area (Å²) in [4.78, 5) is 37.4. The maximum absolute atomic E-state index is 12.6. The number of phosphoric acid groups is 1. The van der Waals surface area contributed by atoms with Crippen LogP contribution in [0.2, 0.25) is 0 Å². The molecule has 0 aliphatic carbocycles. The summed E-state index contributed by atoms with van der Waals surface area (Å²) in [6, 6.07) is 0. The second-order valence-electron chi connectivity index (χ2n) is 15.5. The van der Waals surface area contributed by atoms with Gasteiger partial charge < -0.3 is 27.9 Å². The molecule has 0 radical (unpaired) electrons. The zero-order valence-corrected chi connectivity index (χ0v) is 36.4. The Kier molecular flexibility index (Phi) is 36.2. The molecular weight excluding hydrogens is 718 g/mol. The summed E-state index contributed by atoms with van der Waals surface area (Å²) in [5.74, 6) is 1.15. The first-order chi connectivity index (χ1) is 25.0. The summed E-state index contributed by atoms with van der Waals surface area (Å²) in [6.07, 6.45) is 30.6. The molecule has 0 aromatic rings. The number of hydrogen-bond donors (Lipinski definition) is 2. The Hall–Kier alpha value is -0.290. The standard InChI is InChI=1S/C40H80NO8PS2/c1-41(2,3)32-33-47-50(44,45)48-37-38(49-40(43)31-27-23-19-15-11-7-5-9-13-17-21-25-29-35-52)36-46-39(42)30-26-22-18-14-10-6-4-8-12-16-20-24-28-34-51/h38H,4-37H2,1-3H3,(H2-,44,45,51,52)/t38-/m1/s1. The van der Waals surface area contributed by atoms with Crippen LogP contribution in [-0.2, 0) is 32.7 Å². The number of nitrogens with zero attached hydrogens (tertiary/aromatic N) is 1. The number of esters is 2. The normalized spacial score (nSPS) is 13.6. The van der Waals surface area contributed by atoms with E-state index in [-0.39, 0.29) is 32.0 Å². The van der Waals surface area contributed by atoms with E-state index in [4.69, 9.17) is 18.5 Å². The van der Waals surface area contributed by atoms with Gasteiger partial charge in [0.15, 0.2) is 6.10 Å². The van der Waals surface area contributed by atoms with Crippen LogP contribution in [0.4, 0.5) is 0 Å². The number of likely N-dealkylation sites (N-methyl/N-ethyl adjacent to an activating group) is 1. The number of quaternary nitrogens is 1. The predicted molar refractivity (Wildman–Crippen MR) is 220 cm³/mol. The van der Waals surface area contributed by atoms with Crippen molar-refractivity contribution in [2.45, 2.75) is 186 Å². The fourth-order valence-electron chi connectivity index (χ4n) is 5.91. The molecule has 2 atom stereocenters. The Morgan fingerprint density at radius 2 is 0.885 bits per heavy atom. The van der Waals surface area contributed by atoms with Crippen molar-refractivity contribution in [3.8, 4) is 0 Å². The highest BCUT2D eigenvalue weighted by Crippen LogP contribution is 2.38. The van der Waals surface area contributed by atoms with Gasteiger partial charge in [0, 0.05) is 12.8 Å². The van der Waals surface area contributed by atoms with Gasteiger partial charge in [-0.15, -0.1) is 0 Å². The van der Waals surface area contributed by atoms with Crippen molar-refractivity contribution in [1.82, 2.24) is 0 Å². The lowest BCUT2D eigenvalue weighted by Crippen LogP contribution is -2.37. The molecule has 0 heterocycles. The number of hydrogen-bond acceptors (Lipinski definition) is 10. The summed E-state index contributed by atoms with van der Waals surface area (Å²) >= 11 is 8.53. The van der Waals surface area contributed by atoms with Gasteiger partial charge in [-0.25, -0.2) is 0 Å². The van der Waals surface area contributed by atoms with Crippen LogP contribution in [0.25, 0.3) is 0 Å². The third-order valence-corrected chi connectivity index (χ3v) is 10.8. The molecule has 0 fully saturated rings. The highest BCUT2D eigenvalue weighted by molar-refractivity contribution is 7.80. The molecule has 310 valence electrons. The van der Waals surface area contributed by atoms with E-state index in [0.29, 0.717) is 17.4 Å². The average Bonchev–Trinajstić information content (AvgIpc) is 3.09. The molecule has 0 spiro atoms. The predicted octanol–water partition coefficient (Wildman–Crippen LogP) is 10.4. The van der Waals surface area contributed by atoms with E-state index < -0.39 is 26.5 Å². The average molecular weight is 798 g/mol. The number of carbonyl (C=O) groups excluding carboxylic acids is 2. The molecule has 52 heavy (non-hydrogen) atoms. The Morgan fingerprint density at radius 3 is 1.25 bits per heavy atom. The largest absolute Gasteiger partial charge is 0.756 e. The first-order valence-electron chi connectivity index (χ1n) is 21.0. The van der Waals surface area contributed by atoms with E-state index in [0.717, 1.165) is 50.0 Å². The number of carbonyl (C=O) groups is 2. The lowest BCUT2D eigenvalue weighted by Gasteiger charge is -2.28. The van der Waals surface area contributed by atoms with Crippen LogP contribution < -0.4 is 4.89 Å². The van der Waals surface area contributed by atoms with Crippen molar-refractivity contribution in [2.24, 2.45) is 0 Å². The molecule has 0 saturated heterocycles. The van der Waals surface area contributed by atoms with Crippen LogP contribution in [-0.4, -0.2) is 81.5 Å². The highest BCUT2D eigenvalue weighted by atomic mass is 32.1. The molecule has 0 aliphatic heterocycles. The van der Waals surface area contributed by atoms with Gasteiger partial charge in [0.2, 0.25) is 0 Å². The van der Waals surface area contributed by atoms with E-state index in [2.05, 4.69) is 25.3 Å². The molecule has 12 heteroatoms. The minimum absolute atomic E-state index is 0.0298. The smallest absolute Gasteiger partial charge is 0.306 e. The monoisotopic (exact) mass is 798 g/mol. The number of thiol groups is 2. The molecule has 0 bridgehead atoms. The van der Waals surface area contributed by atoms with Crippen LogP contribution >= 0.6 is 33.1 Å². The number of phosphoric ester groups is 1. The first kappa shape index (κ1) is 51.7. The van der Waals surface area contributed by atoms with E-state index in [1.807, 2.05) is 21.1 Å². The zero-order chi connectivity index (χ0) is 38.6. The van der Waals surface area contributed by atoms with Gasteiger partial charge >= 0.3 is 11.9 Å². The zero-order valence-electron chi connectivity index (χ0n) is 33.7. The van der Waals surface area contributed by atoms with Crippen molar-refractivity contribution < 1.29 is 42.1 Å². The number of ether oxygens (including phenoxy) is 2. The quantitative estimate of drug-likeness (QED) is 0.0207. The molecular formula is C40H80NO8PS2. The molecule has 0 amide bonds. The van der Waals surface area contributed by atoms with Crippen molar-refractivity contribution >= 4 is 45.0 Å². The molecule has 0 N–H and O–H groups in total. The van der Waals surface area contributed by atoms with Gasteiger partial charge in [0.05, 0.1) is 27.7 Å². The lowest BCUT2D eigenvalue weighted by atomic mass is 10.0. The first-order valence-corrected chi connectivity index (χ1v) is 23.7. The topological polar surface area (TPSA) is 111 Å². The van der Waals surface area contributed by atoms with Crippen LogP contribution in [0, 0.1) is 0 Å². The summed E-state index contributed by atoms with van der Waals surface area (Å²) < 4.78 is 33.8.